The molecule has 2 heterocycles. The van der Waals surface area contributed by atoms with Crippen molar-refractivity contribution in [2.75, 3.05) is 26.2 Å². The molecule has 114 valence electrons. The lowest BCUT2D eigenvalue weighted by atomic mass is 9.99. The van der Waals surface area contributed by atoms with Gasteiger partial charge in [-0.2, -0.15) is 0 Å². The molecule has 3 nitrogen and oxygen atoms in total. The molecule has 2 atom stereocenters. The van der Waals surface area contributed by atoms with Gasteiger partial charge < -0.3 is 4.90 Å². The summed E-state index contributed by atoms with van der Waals surface area (Å²) in [6.45, 7) is 6.06. The Balaban J connectivity index is 1.59. The molecule has 0 saturated carbocycles. The van der Waals surface area contributed by atoms with Crippen LogP contribution in [0, 0.1) is 0 Å². The molecule has 1 amide bonds. The van der Waals surface area contributed by atoms with Crippen molar-refractivity contribution >= 4 is 5.91 Å². The molecule has 0 radical (unpaired) electrons. The Morgan fingerprint density at radius 3 is 2.52 bits per heavy atom. The van der Waals surface area contributed by atoms with Crippen LogP contribution in [0.4, 0.5) is 0 Å². The van der Waals surface area contributed by atoms with Crippen LogP contribution < -0.4 is 0 Å². The minimum Gasteiger partial charge on any atom is -0.341 e. The van der Waals surface area contributed by atoms with Crippen LogP contribution in [0.15, 0.2) is 30.3 Å². The van der Waals surface area contributed by atoms with E-state index >= 15 is 0 Å². The summed E-state index contributed by atoms with van der Waals surface area (Å²) in [7, 11) is 0. The Labute approximate surface area is 127 Å². The number of amides is 1. The van der Waals surface area contributed by atoms with Gasteiger partial charge in [0.05, 0.1) is 6.04 Å². The first kappa shape index (κ1) is 14.6. The Hall–Kier alpha value is -1.35. The molecule has 2 saturated heterocycles. The fourth-order valence-electron chi connectivity index (χ4n) is 3.67. The predicted octanol–water partition coefficient (Wildman–Crippen LogP) is 2.88. The lowest BCUT2D eigenvalue weighted by molar-refractivity contribution is -0.136. The number of hydrogen-bond donors (Lipinski definition) is 0. The van der Waals surface area contributed by atoms with Crippen LogP contribution >= 0.6 is 0 Å². The maximum atomic E-state index is 12.6. The van der Waals surface area contributed by atoms with Gasteiger partial charge in [0.1, 0.15) is 0 Å². The van der Waals surface area contributed by atoms with Crippen LogP contribution in [-0.4, -0.2) is 47.9 Å². The first-order valence-corrected chi connectivity index (χ1v) is 8.33. The van der Waals surface area contributed by atoms with E-state index in [1.54, 1.807) is 0 Å². The summed E-state index contributed by atoms with van der Waals surface area (Å²) in [5.41, 5.74) is 1.41. The molecule has 0 spiro atoms. The smallest absolute Gasteiger partial charge is 0.239 e. The van der Waals surface area contributed by atoms with Crippen molar-refractivity contribution in [3.05, 3.63) is 35.9 Å². The quantitative estimate of drug-likeness (QED) is 0.853. The normalized spacial score (nSPS) is 25.0. The van der Waals surface area contributed by atoms with Crippen molar-refractivity contribution in [1.82, 2.24) is 9.80 Å². The number of piperidine rings is 1. The van der Waals surface area contributed by atoms with Crippen molar-refractivity contribution in [2.45, 2.75) is 44.6 Å². The van der Waals surface area contributed by atoms with E-state index in [-0.39, 0.29) is 6.04 Å². The number of carbonyl (C=O) groups is 1. The molecule has 3 heteroatoms. The van der Waals surface area contributed by atoms with Gasteiger partial charge in [0.15, 0.2) is 0 Å². The summed E-state index contributed by atoms with van der Waals surface area (Å²) in [6.07, 6.45) is 4.79. The first-order chi connectivity index (χ1) is 10.3. The molecule has 0 aromatic heterocycles. The van der Waals surface area contributed by atoms with Gasteiger partial charge in [0.2, 0.25) is 5.91 Å². The lowest BCUT2D eigenvalue weighted by Crippen LogP contribution is -2.47. The molecule has 0 N–H and O–H groups in total. The molecule has 0 aliphatic carbocycles. The molecule has 1 aromatic carbocycles. The number of rotatable bonds is 3. The van der Waals surface area contributed by atoms with E-state index in [4.69, 9.17) is 0 Å². The second-order valence-corrected chi connectivity index (χ2v) is 6.45. The molecule has 0 unspecified atom stereocenters. The molecule has 3 rings (SSSR count). The van der Waals surface area contributed by atoms with Gasteiger partial charge in [-0.1, -0.05) is 30.3 Å². The third-order valence-corrected chi connectivity index (χ3v) is 5.06. The molecule has 2 fully saturated rings. The number of likely N-dealkylation sites (tertiary alicyclic amines) is 2. The second-order valence-electron chi connectivity index (χ2n) is 6.45. The summed E-state index contributed by atoms with van der Waals surface area (Å²) < 4.78 is 0. The van der Waals surface area contributed by atoms with Crippen LogP contribution in [0.25, 0.3) is 0 Å². The standard InChI is InChI=1S/C18H26N2O/c1-15(18(21)19-11-6-3-7-12-19)20-13-10-17(14-20)16-8-4-2-5-9-16/h2,4-5,8-9,15,17H,3,6-7,10-14H2,1H3/t15-,17-/m0/s1. The van der Waals surface area contributed by atoms with Gasteiger partial charge in [-0.3, -0.25) is 9.69 Å². The fourth-order valence-corrected chi connectivity index (χ4v) is 3.67. The van der Waals surface area contributed by atoms with Crippen LogP contribution in [0.2, 0.25) is 0 Å². The summed E-state index contributed by atoms with van der Waals surface area (Å²) in [5.74, 6) is 0.922. The molecule has 0 bridgehead atoms. The molecule has 1 aromatic rings. The largest absolute Gasteiger partial charge is 0.341 e. The maximum absolute atomic E-state index is 12.6. The molecule has 2 aliphatic rings. The highest BCUT2D eigenvalue weighted by molar-refractivity contribution is 5.81. The Kier molecular flexibility index (Phi) is 4.59. The van der Waals surface area contributed by atoms with Crippen LogP contribution in [-0.2, 0) is 4.79 Å². The van der Waals surface area contributed by atoms with E-state index in [1.807, 2.05) is 0 Å². The highest BCUT2D eigenvalue weighted by Gasteiger charge is 2.32. The third-order valence-electron chi connectivity index (χ3n) is 5.06. The van der Waals surface area contributed by atoms with E-state index in [2.05, 4.69) is 47.1 Å². The zero-order valence-electron chi connectivity index (χ0n) is 13.0. The Bertz CT molecular complexity index is 467. The number of hydrogen-bond acceptors (Lipinski definition) is 2. The molecule has 21 heavy (non-hydrogen) atoms. The maximum Gasteiger partial charge on any atom is 0.239 e. The minimum atomic E-state index is 0.0387. The average molecular weight is 286 g/mol. The monoisotopic (exact) mass is 286 g/mol. The third kappa shape index (κ3) is 3.29. The van der Waals surface area contributed by atoms with E-state index in [9.17, 15) is 4.79 Å². The number of benzene rings is 1. The van der Waals surface area contributed by atoms with Gasteiger partial charge in [0.25, 0.3) is 0 Å². The van der Waals surface area contributed by atoms with Crippen molar-refractivity contribution < 1.29 is 4.79 Å². The number of carbonyl (C=O) groups excluding carboxylic acids is 1. The summed E-state index contributed by atoms with van der Waals surface area (Å²) >= 11 is 0. The summed E-state index contributed by atoms with van der Waals surface area (Å²) in [4.78, 5) is 17.1. The van der Waals surface area contributed by atoms with Gasteiger partial charge >= 0.3 is 0 Å². The Morgan fingerprint density at radius 1 is 1.10 bits per heavy atom. The van der Waals surface area contributed by atoms with Gasteiger partial charge in [-0.05, 0) is 50.6 Å². The van der Waals surface area contributed by atoms with E-state index in [1.165, 1.54) is 31.2 Å². The average Bonchev–Trinajstić information content (AvgIpc) is 3.05. The molecule has 2 aliphatic heterocycles. The minimum absolute atomic E-state index is 0.0387. The zero-order valence-corrected chi connectivity index (χ0v) is 13.0. The van der Waals surface area contributed by atoms with Crippen molar-refractivity contribution in [3.8, 4) is 0 Å². The summed E-state index contributed by atoms with van der Waals surface area (Å²) in [5, 5.41) is 0. The van der Waals surface area contributed by atoms with Gasteiger partial charge in [-0.25, -0.2) is 0 Å². The Morgan fingerprint density at radius 2 is 1.81 bits per heavy atom. The topological polar surface area (TPSA) is 23.6 Å². The van der Waals surface area contributed by atoms with E-state index in [0.29, 0.717) is 11.8 Å². The highest BCUT2D eigenvalue weighted by Crippen LogP contribution is 2.28. The predicted molar refractivity (Wildman–Crippen MR) is 85.3 cm³/mol. The molecular weight excluding hydrogens is 260 g/mol. The fraction of sp³-hybridized carbons (Fsp3) is 0.611. The van der Waals surface area contributed by atoms with Gasteiger partial charge in [0, 0.05) is 19.6 Å². The molecular formula is C18H26N2O. The second kappa shape index (κ2) is 6.61. The van der Waals surface area contributed by atoms with E-state index in [0.717, 1.165) is 26.2 Å². The SMILES string of the molecule is C[C@@H](C(=O)N1CCCCC1)N1CC[C@H](c2ccccc2)C1. The summed E-state index contributed by atoms with van der Waals surface area (Å²) in [6, 6.07) is 10.8. The van der Waals surface area contributed by atoms with Crippen molar-refractivity contribution in [2.24, 2.45) is 0 Å². The van der Waals surface area contributed by atoms with E-state index < -0.39 is 0 Å². The van der Waals surface area contributed by atoms with Crippen molar-refractivity contribution in [3.63, 3.8) is 0 Å². The zero-order chi connectivity index (χ0) is 14.7. The number of nitrogens with zero attached hydrogens (tertiary/aromatic N) is 2. The van der Waals surface area contributed by atoms with Gasteiger partial charge in [-0.15, -0.1) is 0 Å². The highest BCUT2D eigenvalue weighted by atomic mass is 16.2. The van der Waals surface area contributed by atoms with Crippen LogP contribution in [0.3, 0.4) is 0 Å². The first-order valence-electron chi connectivity index (χ1n) is 8.33. The lowest BCUT2D eigenvalue weighted by Gasteiger charge is -2.32. The van der Waals surface area contributed by atoms with Crippen molar-refractivity contribution in [1.29, 1.82) is 0 Å². The van der Waals surface area contributed by atoms with Crippen LogP contribution in [0.1, 0.15) is 44.1 Å². The van der Waals surface area contributed by atoms with Crippen LogP contribution in [0.5, 0.6) is 0 Å².